The maximum absolute atomic E-state index is 13.8. The van der Waals surface area contributed by atoms with Crippen LogP contribution in [-0.4, -0.2) is 192 Å². The van der Waals surface area contributed by atoms with E-state index in [0.29, 0.717) is 52.7 Å². The summed E-state index contributed by atoms with van der Waals surface area (Å²) in [4.78, 5) is 119. The number of nitrogens with zero attached hydrogens (tertiary/aromatic N) is 12. The van der Waals surface area contributed by atoms with Crippen LogP contribution in [0, 0.1) is 53.3 Å². The van der Waals surface area contributed by atoms with Gasteiger partial charge in [-0.15, -0.1) is 11.3 Å². The number of ketones is 4. The molecular formula is C108H141ClN12O15S. The highest BCUT2D eigenvalue weighted by molar-refractivity contribution is 7.13. The number of aromatic nitrogens is 6. The van der Waals surface area contributed by atoms with Crippen LogP contribution in [0.15, 0.2) is 147 Å². The van der Waals surface area contributed by atoms with E-state index >= 15 is 0 Å². The molecule has 0 bridgehead atoms. The summed E-state index contributed by atoms with van der Waals surface area (Å²) in [6.07, 6.45) is 4.09. The average Bonchev–Trinajstić information content (AvgIpc) is 1.66. The second-order valence-corrected chi connectivity index (χ2v) is 44.4. The number of thiazole rings is 1. The molecule has 4 fully saturated rings. The number of likely N-dealkylation sites (tertiary alicyclic amines) is 4. The predicted octanol–water partition coefficient (Wildman–Crippen LogP) is 18.1. The molecule has 4 amide bonds. The van der Waals surface area contributed by atoms with Crippen molar-refractivity contribution in [3.63, 3.8) is 0 Å². The molecule has 0 saturated carbocycles. The summed E-state index contributed by atoms with van der Waals surface area (Å²) in [5, 5.41) is 77.0. The zero-order valence-corrected chi connectivity index (χ0v) is 85.5. The molecule has 27 nitrogen and oxygen atoms in total. The number of hydrogen-bond acceptors (Lipinski definition) is 23. The van der Waals surface area contributed by atoms with E-state index in [-0.39, 0.29) is 175 Å². The van der Waals surface area contributed by atoms with Gasteiger partial charge < -0.3 is 53.6 Å². The van der Waals surface area contributed by atoms with Gasteiger partial charge in [-0.25, -0.2) is 4.98 Å². The number of rotatable bonds is 29. The zero-order chi connectivity index (χ0) is 101. The number of carbonyl (C=O) groups is 8. The summed E-state index contributed by atoms with van der Waals surface area (Å²) in [6.45, 7) is 46.8. The van der Waals surface area contributed by atoms with Gasteiger partial charge in [-0.05, 0) is 130 Å². The summed E-state index contributed by atoms with van der Waals surface area (Å²) in [6, 6.07) is 36.6. The minimum absolute atomic E-state index is 0.00868. The Morgan fingerprint density at radius 3 is 1.08 bits per heavy atom. The quantitative estimate of drug-likeness (QED) is 0.0338. The van der Waals surface area contributed by atoms with Crippen molar-refractivity contribution in [1.29, 1.82) is 10.5 Å². The lowest BCUT2D eigenvalue weighted by atomic mass is 9.87. The smallest absolute Gasteiger partial charge is 0.248 e. The standard InChI is InChI=1S/C29H38N4O3S.C27H35N3O4.C26H35ClN2O4.C26H33N3O4/c1-18(2)26(33-15-22(14-31-33)29(4,5)6)28(36)32-16-23(34)13-24(32)25(35)12-9-20-7-10-21(11-8-20)27-19(3)30-17-37-27;1-16(2)25(23-13-24(29-34-23)27(4,5)6)26(33)30-15-20(31)12-21(30)22(32)11-17(3)19-9-7-18(14-28)8-10-19;1-15(2)24(22-13-23(28-33-22)26(4,5)6)25(32)29-14-19(30)12-20(29)21(31)11-16(3)17-7-9-18(27)10-8-17;1-16(2)24(22-13-23(28-33-22)26(3,4)5)25(32)29-15-19(30)12-20(29)21(31)11-10-17-6-8-18(14-27)9-7-17/h7-8,10-11,14-15,17-18,23-24,26,34H,9,12-13,16H2,1-6H3;7-10,13,16-17,20-21,25,31H,11-12,15H2,1-6H3;7-10,13,15-16,19-20,24,30H,11-12,14H2,1-6H3;6-9,13,16,19-20,24,30H,10-12,15H2,1-5H3. The molecule has 13 rings (SSSR count). The van der Waals surface area contributed by atoms with Gasteiger partial charge in [-0.3, -0.25) is 43.0 Å². The number of carbonyl (C=O) groups excluding carboxylic acids is 8. The third-order valence-electron chi connectivity index (χ3n) is 26.4. The lowest BCUT2D eigenvalue weighted by molar-refractivity contribution is -0.141. The van der Waals surface area contributed by atoms with E-state index in [2.05, 4.69) is 70.6 Å². The molecule has 29 heteroatoms. The van der Waals surface area contributed by atoms with E-state index in [1.54, 1.807) is 50.1 Å². The Hall–Kier alpha value is -11.0. The summed E-state index contributed by atoms with van der Waals surface area (Å²) < 4.78 is 18.5. The summed E-state index contributed by atoms with van der Waals surface area (Å²) in [5.74, 6) is -1.52. The van der Waals surface area contributed by atoms with Crippen LogP contribution >= 0.6 is 22.9 Å². The molecule has 0 aliphatic carbocycles. The third-order valence-corrected chi connectivity index (χ3v) is 27.6. The van der Waals surface area contributed by atoms with E-state index < -0.39 is 72.4 Å². The number of amides is 4. The van der Waals surface area contributed by atoms with Crippen LogP contribution in [0.3, 0.4) is 0 Å². The average molecular weight is 1910 g/mol. The first-order valence-corrected chi connectivity index (χ1v) is 49.3. The van der Waals surface area contributed by atoms with Crippen LogP contribution in [0.2, 0.25) is 5.02 Å². The maximum Gasteiger partial charge on any atom is 0.248 e. The molecule has 4 saturated heterocycles. The molecule has 0 radical (unpaired) electrons. The van der Waals surface area contributed by atoms with Crippen molar-refractivity contribution in [3.8, 4) is 22.6 Å². The van der Waals surface area contributed by atoms with Gasteiger partial charge in [0.05, 0.1) is 111 Å². The number of aliphatic hydroxyl groups is 4. The zero-order valence-electron chi connectivity index (χ0n) is 83.9. The fourth-order valence-electron chi connectivity index (χ4n) is 18.1. The minimum Gasteiger partial charge on any atom is -0.391 e. The van der Waals surface area contributed by atoms with Crippen molar-refractivity contribution in [1.82, 2.24) is 49.8 Å². The minimum atomic E-state index is -0.740. The van der Waals surface area contributed by atoms with Crippen molar-refractivity contribution in [2.45, 2.75) is 329 Å². The lowest BCUT2D eigenvalue weighted by Crippen LogP contribution is -2.45. The SMILES string of the molecule is CC(C)C(C(=O)N1CC(O)CC1C(=O)CCc1ccc(C#N)cc1)c1cc(C(C)(C)C)no1.CC(CC(=O)C1CC(O)CN1C(=O)C(c1cc(C(C)(C)C)no1)C(C)C)c1ccc(C#N)cc1.CC(CC(=O)C1CC(O)CN1C(=O)C(c1cc(C(C)(C)C)no1)C(C)C)c1ccc(Cl)cc1.Cc1ncsc1-c1ccc(CCC(=O)C2CC(O)CN2C(=O)C(C(C)C)n2cc(C(C)(C)C)cn2)cc1. The first-order chi connectivity index (χ1) is 64.3. The van der Waals surface area contributed by atoms with E-state index in [9.17, 15) is 58.8 Å². The topological polar surface area (TPSA) is 387 Å². The molecule has 9 heterocycles. The Morgan fingerprint density at radius 2 is 0.781 bits per heavy atom. The molecule has 5 aromatic heterocycles. The van der Waals surface area contributed by atoms with Gasteiger partial charge in [0.2, 0.25) is 23.6 Å². The van der Waals surface area contributed by atoms with Gasteiger partial charge in [0.1, 0.15) is 41.1 Å². The molecule has 4 aliphatic heterocycles. The molecule has 14 atom stereocenters. The summed E-state index contributed by atoms with van der Waals surface area (Å²) in [5.41, 5.74) is 11.8. The Bertz CT molecular complexity index is 5690. The number of halogens is 1. The molecule has 137 heavy (non-hydrogen) atoms. The third kappa shape index (κ3) is 27.8. The van der Waals surface area contributed by atoms with Crippen LogP contribution in [-0.2, 0) is 72.9 Å². The molecule has 736 valence electrons. The highest BCUT2D eigenvalue weighted by Gasteiger charge is 2.49. The first kappa shape index (κ1) is 108. The fraction of sp³-hybridized carbons (Fsp3) is 0.546. The van der Waals surface area contributed by atoms with E-state index in [4.69, 9.17) is 35.7 Å². The van der Waals surface area contributed by atoms with Gasteiger partial charge in [0.25, 0.3) is 0 Å². The number of aliphatic hydroxyl groups excluding tert-OH is 4. The molecule has 4 aliphatic rings. The number of benzene rings is 4. The molecule has 4 N–H and O–H groups in total. The first-order valence-electron chi connectivity index (χ1n) is 48.0. The van der Waals surface area contributed by atoms with Gasteiger partial charge in [0, 0.05) is 123 Å². The predicted molar refractivity (Wildman–Crippen MR) is 526 cm³/mol. The molecule has 9 aromatic rings. The van der Waals surface area contributed by atoms with Gasteiger partial charge in [-0.1, -0.05) is 240 Å². The van der Waals surface area contributed by atoms with E-state index in [0.717, 1.165) is 61.0 Å². The highest BCUT2D eigenvalue weighted by atomic mass is 35.5. The Kier molecular flexibility index (Phi) is 36.4. The lowest BCUT2D eigenvalue weighted by Gasteiger charge is -2.30. The fourth-order valence-corrected chi connectivity index (χ4v) is 19.1. The van der Waals surface area contributed by atoms with Gasteiger partial charge in [0.15, 0.2) is 23.1 Å². The Morgan fingerprint density at radius 1 is 0.453 bits per heavy atom. The van der Waals surface area contributed by atoms with Crippen molar-refractivity contribution < 1.29 is 72.4 Å². The van der Waals surface area contributed by atoms with Gasteiger partial charge >= 0.3 is 0 Å². The Balaban J connectivity index is 0.000000189. The second-order valence-electron chi connectivity index (χ2n) is 43.1. The normalized spacial score (nSPS) is 19.9. The van der Waals surface area contributed by atoms with Crippen molar-refractivity contribution in [2.24, 2.45) is 23.7 Å². The molecule has 0 spiro atoms. The molecule has 14 unspecified atom stereocenters. The molecule has 4 aromatic carbocycles. The van der Waals surface area contributed by atoms with E-state index in [1.807, 2.05) is 235 Å². The number of β-amino-alcohol motifs (C(OH)–C–C–N with tert-alkyl or cyclic N) is 4. The monoisotopic (exact) mass is 1910 g/mol. The number of nitriles is 2. The summed E-state index contributed by atoms with van der Waals surface area (Å²) in [7, 11) is 0. The van der Waals surface area contributed by atoms with Crippen molar-refractivity contribution >= 4 is 69.7 Å². The maximum atomic E-state index is 13.8. The van der Waals surface area contributed by atoms with Crippen LogP contribution < -0.4 is 0 Å². The number of aryl methyl sites for hydroxylation is 3. The highest BCUT2D eigenvalue weighted by Crippen LogP contribution is 2.41. The van der Waals surface area contributed by atoms with Crippen LogP contribution in [0.25, 0.3) is 10.4 Å². The molecular weight excluding hydrogens is 1770 g/mol. The number of hydrogen-bond donors (Lipinski definition) is 4. The Labute approximate surface area is 816 Å². The van der Waals surface area contributed by atoms with Crippen molar-refractivity contribution in [2.75, 3.05) is 26.2 Å². The van der Waals surface area contributed by atoms with Crippen LogP contribution in [0.4, 0.5) is 0 Å². The summed E-state index contributed by atoms with van der Waals surface area (Å²) >= 11 is 7.60. The van der Waals surface area contributed by atoms with Crippen LogP contribution in [0.1, 0.15) is 318 Å². The number of Topliss-reactive ketones (excluding diaryl/α,β-unsaturated/α-hetero) is 4. The van der Waals surface area contributed by atoms with Crippen molar-refractivity contribution in [3.05, 3.63) is 217 Å². The second kappa shape index (κ2) is 46.2. The van der Waals surface area contributed by atoms with Crippen LogP contribution in [0.5, 0.6) is 0 Å². The largest absolute Gasteiger partial charge is 0.391 e. The van der Waals surface area contributed by atoms with E-state index in [1.165, 1.54) is 9.80 Å². The van der Waals surface area contributed by atoms with Gasteiger partial charge in [-0.2, -0.15) is 15.6 Å².